The van der Waals surface area contributed by atoms with Crippen LogP contribution >= 0.6 is 12.4 Å². The third-order valence-corrected chi connectivity index (χ3v) is 5.27. The van der Waals surface area contributed by atoms with Gasteiger partial charge >= 0.3 is 0 Å². The minimum atomic E-state index is -0.0545. The van der Waals surface area contributed by atoms with E-state index < -0.39 is 0 Å². The number of carbonyl (C=O) groups excluding carboxylic acids is 2. The van der Waals surface area contributed by atoms with E-state index in [0.29, 0.717) is 31.3 Å². The van der Waals surface area contributed by atoms with Crippen molar-refractivity contribution in [3.8, 4) is 0 Å². The van der Waals surface area contributed by atoms with Gasteiger partial charge in [-0.3, -0.25) is 9.59 Å². The van der Waals surface area contributed by atoms with Gasteiger partial charge in [-0.15, -0.1) is 12.4 Å². The van der Waals surface area contributed by atoms with Crippen LogP contribution in [0.5, 0.6) is 0 Å². The molecule has 0 aliphatic heterocycles. The van der Waals surface area contributed by atoms with Crippen molar-refractivity contribution in [1.82, 2.24) is 10.6 Å². The Balaban J connectivity index is 0.00000208. The van der Waals surface area contributed by atoms with E-state index in [-0.39, 0.29) is 36.2 Å². The Morgan fingerprint density at radius 3 is 2.46 bits per heavy atom. The molecule has 24 heavy (non-hydrogen) atoms. The minimum Gasteiger partial charge on any atom is -0.355 e. The van der Waals surface area contributed by atoms with E-state index in [1.807, 2.05) is 30.3 Å². The van der Waals surface area contributed by atoms with Crippen LogP contribution in [-0.2, 0) is 16.1 Å². The lowest BCUT2D eigenvalue weighted by Crippen LogP contribution is -2.45. The molecule has 2 bridgehead atoms. The summed E-state index contributed by atoms with van der Waals surface area (Å²) in [4.78, 5) is 24.1. The highest BCUT2D eigenvalue weighted by molar-refractivity contribution is 5.85. The zero-order chi connectivity index (χ0) is 16.2. The summed E-state index contributed by atoms with van der Waals surface area (Å²) in [5.41, 5.74) is 7.24. The number of hydrogen-bond acceptors (Lipinski definition) is 3. The van der Waals surface area contributed by atoms with Crippen molar-refractivity contribution >= 4 is 24.2 Å². The number of benzene rings is 1. The van der Waals surface area contributed by atoms with Gasteiger partial charge in [-0.25, -0.2) is 0 Å². The van der Waals surface area contributed by atoms with Gasteiger partial charge in [-0.1, -0.05) is 30.3 Å². The van der Waals surface area contributed by atoms with Crippen LogP contribution in [0.4, 0.5) is 0 Å². The Morgan fingerprint density at radius 1 is 1.08 bits per heavy atom. The van der Waals surface area contributed by atoms with Crippen LogP contribution in [0, 0.1) is 17.8 Å². The minimum absolute atomic E-state index is 0. The van der Waals surface area contributed by atoms with Crippen LogP contribution in [-0.4, -0.2) is 24.4 Å². The Labute approximate surface area is 149 Å². The first kappa shape index (κ1) is 18.7. The van der Waals surface area contributed by atoms with E-state index >= 15 is 0 Å². The lowest BCUT2D eigenvalue weighted by molar-refractivity contribution is -0.127. The van der Waals surface area contributed by atoms with E-state index in [1.54, 1.807) is 0 Å². The van der Waals surface area contributed by atoms with E-state index in [1.165, 1.54) is 0 Å². The second kappa shape index (κ2) is 8.49. The Kier molecular flexibility index (Phi) is 6.63. The Morgan fingerprint density at radius 2 is 1.79 bits per heavy atom. The van der Waals surface area contributed by atoms with Crippen molar-refractivity contribution in [2.45, 2.75) is 38.3 Å². The average Bonchev–Trinajstić information content (AvgIpc) is 3.15. The number of amides is 2. The smallest absolute Gasteiger partial charge is 0.224 e. The standard InChI is InChI=1S/C18H25N3O2.ClH/c19-17-14-7-6-13(10-14)16(17)18(23)20-9-8-15(22)21-11-12-4-2-1-3-5-12;/h1-5,13-14,16-17H,6-11,19H2,(H,20,23)(H,21,22);1H. The maximum absolute atomic E-state index is 12.3. The van der Waals surface area contributed by atoms with E-state index in [0.717, 1.165) is 24.8 Å². The first-order valence-corrected chi connectivity index (χ1v) is 8.49. The van der Waals surface area contributed by atoms with Crippen molar-refractivity contribution in [2.75, 3.05) is 6.54 Å². The summed E-state index contributed by atoms with van der Waals surface area (Å²) in [6.45, 7) is 0.894. The first-order valence-electron chi connectivity index (χ1n) is 8.49. The molecule has 2 saturated carbocycles. The second-order valence-electron chi connectivity index (χ2n) is 6.74. The molecule has 4 unspecified atom stereocenters. The predicted molar refractivity (Wildman–Crippen MR) is 95.5 cm³/mol. The molecule has 5 nitrogen and oxygen atoms in total. The monoisotopic (exact) mass is 351 g/mol. The van der Waals surface area contributed by atoms with Crippen molar-refractivity contribution in [1.29, 1.82) is 0 Å². The van der Waals surface area contributed by atoms with Crippen molar-refractivity contribution in [3.63, 3.8) is 0 Å². The molecule has 4 N–H and O–H groups in total. The molecule has 6 heteroatoms. The summed E-state index contributed by atoms with van der Waals surface area (Å²) >= 11 is 0. The van der Waals surface area contributed by atoms with Gasteiger partial charge in [0, 0.05) is 25.6 Å². The zero-order valence-corrected chi connectivity index (χ0v) is 14.6. The molecule has 1 aromatic carbocycles. The number of nitrogens with two attached hydrogens (primary N) is 1. The maximum atomic E-state index is 12.3. The van der Waals surface area contributed by atoms with Gasteiger partial charge in [0.2, 0.25) is 11.8 Å². The Hall–Kier alpha value is -1.59. The van der Waals surface area contributed by atoms with Crippen LogP contribution in [0.25, 0.3) is 0 Å². The van der Waals surface area contributed by atoms with Crippen molar-refractivity contribution < 1.29 is 9.59 Å². The first-order chi connectivity index (χ1) is 11.1. The van der Waals surface area contributed by atoms with Crippen LogP contribution in [0.15, 0.2) is 30.3 Å². The fourth-order valence-electron chi connectivity index (χ4n) is 4.03. The average molecular weight is 352 g/mol. The number of nitrogens with one attached hydrogen (secondary N) is 2. The predicted octanol–water partition coefficient (Wildman–Crippen LogP) is 1.60. The SMILES string of the molecule is Cl.NC1C2CCC(C2)C1C(=O)NCCC(=O)NCc1ccccc1. The molecule has 0 saturated heterocycles. The van der Waals surface area contributed by atoms with Crippen LogP contribution in [0.3, 0.4) is 0 Å². The molecule has 2 aliphatic carbocycles. The molecule has 2 fully saturated rings. The molecule has 2 aliphatic rings. The molecule has 132 valence electrons. The molecule has 2 amide bonds. The molecule has 0 radical (unpaired) electrons. The summed E-state index contributed by atoms with van der Waals surface area (Å²) < 4.78 is 0. The number of fused-ring (bicyclic) bond motifs is 2. The molecule has 0 heterocycles. The van der Waals surface area contributed by atoms with E-state index in [2.05, 4.69) is 10.6 Å². The zero-order valence-electron chi connectivity index (χ0n) is 13.7. The highest BCUT2D eigenvalue weighted by atomic mass is 35.5. The van der Waals surface area contributed by atoms with Gasteiger partial charge < -0.3 is 16.4 Å². The van der Waals surface area contributed by atoms with E-state index in [9.17, 15) is 9.59 Å². The Bertz CT molecular complexity index is 565. The number of rotatable bonds is 6. The molecule has 0 aromatic heterocycles. The summed E-state index contributed by atoms with van der Waals surface area (Å²) in [5, 5.41) is 5.75. The normalized spacial score (nSPS) is 27.4. The number of halogens is 1. The van der Waals surface area contributed by atoms with Gasteiger partial charge in [0.25, 0.3) is 0 Å². The van der Waals surface area contributed by atoms with Gasteiger partial charge in [-0.05, 0) is 36.7 Å². The summed E-state index contributed by atoms with van der Waals surface area (Å²) in [6.07, 6.45) is 3.68. The molecular weight excluding hydrogens is 326 g/mol. The lowest BCUT2D eigenvalue weighted by atomic mass is 9.84. The van der Waals surface area contributed by atoms with Gasteiger partial charge in [0.1, 0.15) is 0 Å². The quantitative estimate of drug-likeness (QED) is 0.728. The molecular formula is C18H26ClN3O2. The third kappa shape index (κ3) is 4.28. The lowest BCUT2D eigenvalue weighted by Gasteiger charge is -2.26. The van der Waals surface area contributed by atoms with Gasteiger partial charge in [-0.2, -0.15) is 0 Å². The number of carbonyl (C=O) groups is 2. The van der Waals surface area contributed by atoms with Crippen LogP contribution < -0.4 is 16.4 Å². The van der Waals surface area contributed by atoms with Crippen LogP contribution in [0.1, 0.15) is 31.2 Å². The van der Waals surface area contributed by atoms with E-state index in [4.69, 9.17) is 5.73 Å². The fourth-order valence-corrected chi connectivity index (χ4v) is 4.03. The van der Waals surface area contributed by atoms with Crippen molar-refractivity contribution in [3.05, 3.63) is 35.9 Å². The highest BCUT2D eigenvalue weighted by Crippen LogP contribution is 2.47. The van der Waals surface area contributed by atoms with Gasteiger partial charge in [0.15, 0.2) is 0 Å². The van der Waals surface area contributed by atoms with Crippen LogP contribution in [0.2, 0.25) is 0 Å². The largest absolute Gasteiger partial charge is 0.355 e. The molecule has 1 aromatic rings. The summed E-state index contributed by atoms with van der Waals surface area (Å²) in [7, 11) is 0. The maximum Gasteiger partial charge on any atom is 0.224 e. The summed E-state index contributed by atoms with van der Waals surface area (Å²) in [6, 6.07) is 9.78. The van der Waals surface area contributed by atoms with Crippen molar-refractivity contribution in [2.24, 2.45) is 23.5 Å². The molecule has 0 spiro atoms. The highest BCUT2D eigenvalue weighted by Gasteiger charge is 2.48. The molecule has 4 atom stereocenters. The topological polar surface area (TPSA) is 84.2 Å². The molecule has 3 rings (SSSR count). The number of hydrogen-bond donors (Lipinski definition) is 3. The second-order valence-corrected chi connectivity index (χ2v) is 6.74. The fraction of sp³-hybridized carbons (Fsp3) is 0.556. The summed E-state index contributed by atoms with van der Waals surface area (Å²) in [5.74, 6) is 0.889. The van der Waals surface area contributed by atoms with Gasteiger partial charge in [0.05, 0.1) is 5.92 Å². The third-order valence-electron chi connectivity index (χ3n) is 5.27.